The Kier molecular flexibility index (Phi) is 5.34. The smallest absolute Gasteiger partial charge is 0.262 e. The number of fused-ring (bicyclic) bond motifs is 1. The number of carbonyl (C=O) groups excluding carboxylic acids is 2. The summed E-state index contributed by atoms with van der Waals surface area (Å²) in [5.74, 6) is -0.0414. The molecule has 6 nitrogen and oxygen atoms in total. The Morgan fingerprint density at radius 1 is 1.12 bits per heavy atom. The third kappa shape index (κ3) is 4.29. The first kappa shape index (κ1) is 17.7. The number of nitrogens with zero attached hydrogens (tertiary/aromatic N) is 2. The molecular weight excluding hydrogens is 352 g/mol. The van der Waals surface area contributed by atoms with Crippen molar-refractivity contribution in [2.45, 2.75) is 13.5 Å². The number of aryl methyl sites for hydroxylation is 1. The van der Waals surface area contributed by atoms with Crippen LogP contribution in [0.5, 0.6) is 0 Å². The van der Waals surface area contributed by atoms with E-state index < -0.39 is 5.91 Å². The Morgan fingerprint density at radius 3 is 2.62 bits per heavy atom. The van der Waals surface area contributed by atoms with Gasteiger partial charge in [-0.2, -0.15) is 0 Å². The minimum Gasteiger partial charge on any atom is -0.319 e. The highest BCUT2D eigenvalue weighted by molar-refractivity contribution is 6.30. The molecule has 3 rings (SSSR count). The van der Waals surface area contributed by atoms with Gasteiger partial charge < -0.3 is 4.57 Å². The van der Waals surface area contributed by atoms with E-state index in [0.29, 0.717) is 5.02 Å². The standard InChI is InChI=1S/C19H17ClN4O2/c1-13-21-16-4-2-3-5-17(16)24(13)12-19(26)23-22-18(25)11-8-14-6-9-15(20)10-7-14/h2-11H,12H2,1H3,(H,22,25)(H,23,26). The summed E-state index contributed by atoms with van der Waals surface area (Å²) >= 11 is 5.81. The van der Waals surface area contributed by atoms with Crippen molar-refractivity contribution in [1.82, 2.24) is 20.4 Å². The number of hydrazine groups is 1. The van der Waals surface area contributed by atoms with Gasteiger partial charge in [0.05, 0.1) is 11.0 Å². The van der Waals surface area contributed by atoms with Gasteiger partial charge in [-0.05, 0) is 42.8 Å². The Bertz CT molecular complexity index is 977. The average molecular weight is 369 g/mol. The summed E-state index contributed by atoms with van der Waals surface area (Å²) in [5.41, 5.74) is 7.28. The summed E-state index contributed by atoms with van der Waals surface area (Å²) in [5, 5.41) is 0.626. The molecule has 2 N–H and O–H groups in total. The number of hydrogen-bond donors (Lipinski definition) is 2. The van der Waals surface area contributed by atoms with Crippen molar-refractivity contribution in [1.29, 1.82) is 0 Å². The highest BCUT2D eigenvalue weighted by Gasteiger charge is 2.10. The van der Waals surface area contributed by atoms with Crippen LogP contribution < -0.4 is 10.9 Å². The average Bonchev–Trinajstić information content (AvgIpc) is 2.95. The van der Waals surface area contributed by atoms with Gasteiger partial charge in [0, 0.05) is 11.1 Å². The van der Waals surface area contributed by atoms with Crippen molar-refractivity contribution in [2.24, 2.45) is 0 Å². The van der Waals surface area contributed by atoms with Crippen LogP contribution in [0, 0.1) is 6.92 Å². The normalized spacial score (nSPS) is 11.0. The molecule has 2 aromatic carbocycles. The molecule has 0 bridgehead atoms. The molecule has 7 heteroatoms. The number of nitrogens with one attached hydrogen (secondary N) is 2. The van der Waals surface area contributed by atoms with E-state index in [1.807, 2.05) is 31.2 Å². The molecule has 26 heavy (non-hydrogen) atoms. The zero-order valence-corrected chi connectivity index (χ0v) is 14.8. The third-order valence-electron chi connectivity index (χ3n) is 3.77. The molecular formula is C19H17ClN4O2. The lowest BCUT2D eigenvalue weighted by molar-refractivity contribution is -0.127. The van der Waals surface area contributed by atoms with Gasteiger partial charge in [0.1, 0.15) is 12.4 Å². The predicted molar refractivity (Wildman–Crippen MR) is 101 cm³/mol. The Hall–Kier alpha value is -3.12. The summed E-state index contributed by atoms with van der Waals surface area (Å²) in [6.45, 7) is 1.90. The van der Waals surface area contributed by atoms with Crippen LogP contribution in [0.2, 0.25) is 5.02 Å². The molecule has 0 saturated carbocycles. The van der Waals surface area contributed by atoms with Crippen LogP contribution >= 0.6 is 11.6 Å². The maximum Gasteiger partial charge on any atom is 0.262 e. The van der Waals surface area contributed by atoms with Gasteiger partial charge in [-0.15, -0.1) is 0 Å². The third-order valence-corrected chi connectivity index (χ3v) is 4.02. The SMILES string of the molecule is Cc1nc2ccccc2n1CC(=O)NNC(=O)C=Cc1ccc(Cl)cc1. The molecule has 0 spiro atoms. The molecule has 132 valence electrons. The lowest BCUT2D eigenvalue weighted by Gasteiger charge is -2.08. The van der Waals surface area contributed by atoms with E-state index in [4.69, 9.17) is 11.6 Å². The maximum atomic E-state index is 12.1. The van der Waals surface area contributed by atoms with E-state index in [1.165, 1.54) is 6.08 Å². The lowest BCUT2D eigenvalue weighted by atomic mass is 10.2. The summed E-state index contributed by atoms with van der Waals surface area (Å²) in [6, 6.07) is 14.6. The topological polar surface area (TPSA) is 76.0 Å². The van der Waals surface area contributed by atoms with Crippen molar-refractivity contribution >= 4 is 40.5 Å². The highest BCUT2D eigenvalue weighted by Crippen LogP contribution is 2.15. The Morgan fingerprint density at radius 2 is 1.85 bits per heavy atom. The molecule has 1 aromatic heterocycles. The fourth-order valence-corrected chi connectivity index (χ4v) is 2.62. The summed E-state index contributed by atoms with van der Waals surface area (Å²) in [7, 11) is 0. The van der Waals surface area contributed by atoms with Crippen LogP contribution in [0.15, 0.2) is 54.6 Å². The fraction of sp³-hybridized carbons (Fsp3) is 0.105. The number of imidazole rings is 1. The number of halogens is 1. The largest absolute Gasteiger partial charge is 0.319 e. The molecule has 0 saturated heterocycles. The first-order valence-electron chi connectivity index (χ1n) is 7.97. The second kappa shape index (κ2) is 7.84. The Balaban J connectivity index is 1.56. The molecule has 2 amide bonds. The monoisotopic (exact) mass is 368 g/mol. The second-order valence-electron chi connectivity index (χ2n) is 5.66. The molecule has 0 atom stereocenters. The van der Waals surface area contributed by atoms with Crippen LogP contribution in [0.4, 0.5) is 0 Å². The minimum atomic E-state index is -0.430. The van der Waals surface area contributed by atoms with Gasteiger partial charge in [-0.3, -0.25) is 20.4 Å². The number of amides is 2. The van der Waals surface area contributed by atoms with Crippen molar-refractivity contribution in [3.63, 3.8) is 0 Å². The van der Waals surface area contributed by atoms with E-state index >= 15 is 0 Å². The molecule has 0 aliphatic rings. The van der Waals surface area contributed by atoms with E-state index in [2.05, 4.69) is 15.8 Å². The van der Waals surface area contributed by atoms with E-state index in [9.17, 15) is 9.59 Å². The number of carbonyl (C=O) groups is 2. The summed E-state index contributed by atoms with van der Waals surface area (Å²) < 4.78 is 1.79. The number of benzene rings is 2. The first-order chi connectivity index (χ1) is 12.5. The maximum absolute atomic E-state index is 12.1. The van der Waals surface area contributed by atoms with E-state index in [-0.39, 0.29) is 12.5 Å². The molecule has 0 aliphatic carbocycles. The molecule has 0 aliphatic heterocycles. The zero-order chi connectivity index (χ0) is 18.5. The Labute approximate surface area is 155 Å². The first-order valence-corrected chi connectivity index (χ1v) is 8.35. The quantitative estimate of drug-likeness (QED) is 0.549. The predicted octanol–water partition coefficient (Wildman–Crippen LogP) is 2.86. The van der Waals surface area contributed by atoms with Gasteiger partial charge in [-0.1, -0.05) is 35.9 Å². The van der Waals surface area contributed by atoms with Gasteiger partial charge in [0.2, 0.25) is 0 Å². The van der Waals surface area contributed by atoms with Gasteiger partial charge in [0.15, 0.2) is 0 Å². The molecule has 3 aromatic rings. The fourth-order valence-electron chi connectivity index (χ4n) is 2.50. The van der Waals surface area contributed by atoms with Crippen molar-refractivity contribution < 1.29 is 9.59 Å². The zero-order valence-electron chi connectivity index (χ0n) is 14.1. The van der Waals surface area contributed by atoms with Crippen LogP contribution in [0.3, 0.4) is 0 Å². The van der Waals surface area contributed by atoms with Crippen molar-refractivity contribution in [3.05, 3.63) is 71.0 Å². The van der Waals surface area contributed by atoms with Crippen LogP contribution in [-0.4, -0.2) is 21.4 Å². The van der Waals surface area contributed by atoms with Gasteiger partial charge in [-0.25, -0.2) is 4.98 Å². The van der Waals surface area contributed by atoms with Crippen molar-refractivity contribution in [2.75, 3.05) is 0 Å². The van der Waals surface area contributed by atoms with Crippen LogP contribution in [0.1, 0.15) is 11.4 Å². The molecule has 0 radical (unpaired) electrons. The van der Waals surface area contributed by atoms with Gasteiger partial charge in [0.25, 0.3) is 11.8 Å². The van der Waals surface area contributed by atoms with Gasteiger partial charge >= 0.3 is 0 Å². The van der Waals surface area contributed by atoms with E-state index in [0.717, 1.165) is 22.4 Å². The summed E-state index contributed by atoms with van der Waals surface area (Å²) in [6.07, 6.45) is 2.97. The van der Waals surface area contributed by atoms with E-state index in [1.54, 1.807) is 34.9 Å². The minimum absolute atomic E-state index is 0.0630. The lowest BCUT2D eigenvalue weighted by Crippen LogP contribution is -2.42. The number of para-hydroxylation sites is 2. The van der Waals surface area contributed by atoms with Crippen molar-refractivity contribution in [3.8, 4) is 0 Å². The number of hydrogen-bond acceptors (Lipinski definition) is 3. The summed E-state index contributed by atoms with van der Waals surface area (Å²) in [4.78, 5) is 28.3. The second-order valence-corrected chi connectivity index (χ2v) is 6.09. The van der Waals surface area contributed by atoms with Crippen LogP contribution in [0.25, 0.3) is 17.1 Å². The number of aromatic nitrogens is 2. The number of rotatable bonds is 4. The molecule has 0 unspecified atom stereocenters. The van der Waals surface area contributed by atoms with Crippen LogP contribution in [-0.2, 0) is 16.1 Å². The molecule has 0 fully saturated rings. The molecule has 1 heterocycles. The highest BCUT2D eigenvalue weighted by atomic mass is 35.5.